The zero-order valence-electron chi connectivity index (χ0n) is 10.5. The van der Waals surface area contributed by atoms with Crippen LogP contribution in [0.1, 0.15) is 16.1 Å². The standard InChI is InChI=1S/C12H11BrN4O3/c1-7-2-3-8(13)9(4-7)14-11(18)6-17-5-10(12(19)20)15-16-17/h2-5H,6H2,1H3,(H,14,18)(H,19,20). The van der Waals surface area contributed by atoms with E-state index in [0.29, 0.717) is 5.69 Å². The zero-order chi connectivity index (χ0) is 14.7. The second-order valence-electron chi connectivity index (χ2n) is 4.14. The van der Waals surface area contributed by atoms with Crippen LogP contribution in [0.25, 0.3) is 0 Å². The molecule has 1 heterocycles. The number of aromatic carboxylic acids is 1. The molecule has 0 spiro atoms. The molecule has 2 aromatic rings. The number of carboxylic acid groups (broad SMARTS) is 1. The van der Waals surface area contributed by atoms with Gasteiger partial charge >= 0.3 is 5.97 Å². The minimum Gasteiger partial charge on any atom is -0.476 e. The molecule has 8 heteroatoms. The van der Waals surface area contributed by atoms with Gasteiger partial charge < -0.3 is 10.4 Å². The van der Waals surface area contributed by atoms with Gasteiger partial charge in [0.15, 0.2) is 5.69 Å². The van der Waals surface area contributed by atoms with Crippen LogP contribution in [-0.4, -0.2) is 32.0 Å². The number of carboxylic acids is 1. The molecule has 2 N–H and O–H groups in total. The fraction of sp³-hybridized carbons (Fsp3) is 0.167. The second-order valence-corrected chi connectivity index (χ2v) is 4.99. The number of hydrogen-bond donors (Lipinski definition) is 2. The fourth-order valence-corrected chi connectivity index (χ4v) is 1.89. The molecule has 20 heavy (non-hydrogen) atoms. The van der Waals surface area contributed by atoms with Crippen molar-refractivity contribution in [2.45, 2.75) is 13.5 Å². The van der Waals surface area contributed by atoms with Crippen molar-refractivity contribution in [1.29, 1.82) is 0 Å². The number of amides is 1. The third kappa shape index (κ3) is 3.41. The lowest BCUT2D eigenvalue weighted by atomic mass is 10.2. The van der Waals surface area contributed by atoms with E-state index in [-0.39, 0.29) is 18.1 Å². The van der Waals surface area contributed by atoms with Crippen molar-refractivity contribution in [3.63, 3.8) is 0 Å². The number of halogens is 1. The van der Waals surface area contributed by atoms with Gasteiger partial charge in [0.25, 0.3) is 0 Å². The lowest BCUT2D eigenvalue weighted by Gasteiger charge is -2.08. The molecule has 0 aliphatic heterocycles. The largest absolute Gasteiger partial charge is 0.476 e. The van der Waals surface area contributed by atoms with E-state index in [1.54, 1.807) is 0 Å². The number of nitrogens with zero attached hydrogens (tertiary/aromatic N) is 3. The monoisotopic (exact) mass is 338 g/mol. The first-order valence-electron chi connectivity index (χ1n) is 5.65. The van der Waals surface area contributed by atoms with Gasteiger partial charge in [0.05, 0.1) is 11.9 Å². The Kier molecular flexibility index (Phi) is 4.14. The average molecular weight is 339 g/mol. The highest BCUT2D eigenvalue weighted by Crippen LogP contribution is 2.23. The number of rotatable bonds is 4. The van der Waals surface area contributed by atoms with Gasteiger partial charge in [0, 0.05) is 4.47 Å². The number of aryl methyl sites for hydroxylation is 1. The van der Waals surface area contributed by atoms with Crippen molar-refractivity contribution in [1.82, 2.24) is 15.0 Å². The molecule has 7 nitrogen and oxygen atoms in total. The van der Waals surface area contributed by atoms with Gasteiger partial charge in [-0.3, -0.25) is 4.79 Å². The Hall–Kier alpha value is -2.22. The van der Waals surface area contributed by atoms with Crippen molar-refractivity contribution in [2.24, 2.45) is 0 Å². The van der Waals surface area contributed by atoms with Crippen LogP contribution in [0.15, 0.2) is 28.9 Å². The SMILES string of the molecule is Cc1ccc(Br)c(NC(=O)Cn2cc(C(=O)O)nn2)c1. The van der Waals surface area contributed by atoms with Crippen LogP contribution in [0.4, 0.5) is 5.69 Å². The van der Waals surface area contributed by atoms with E-state index in [0.717, 1.165) is 10.0 Å². The molecule has 0 saturated carbocycles. The van der Waals surface area contributed by atoms with E-state index >= 15 is 0 Å². The molecule has 0 radical (unpaired) electrons. The number of carbonyl (C=O) groups excluding carboxylic acids is 1. The van der Waals surface area contributed by atoms with Crippen LogP contribution in [0, 0.1) is 6.92 Å². The van der Waals surface area contributed by atoms with E-state index in [1.165, 1.54) is 10.9 Å². The predicted molar refractivity (Wildman–Crippen MR) is 74.5 cm³/mol. The van der Waals surface area contributed by atoms with Gasteiger partial charge in [0.1, 0.15) is 6.54 Å². The van der Waals surface area contributed by atoms with Crippen molar-refractivity contribution in [3.05, 3.63) is 40.1 Å². The number of carbonyl (C=O) groups is 2. The smallest absolute Gasteiger partial charge is 0.358 e. The predicted octanol–water partition coefficient (Wildman–Crippen LogP) is 1.69. The highest BCUT2D eigenvalue weighted by atomic mass is 79.9. The Morgan fingerprint density at radius 1 is 1.45 bits per heavy atom. The fourth-order valence-electron chi connectivity index (χ4n) is 1.55. The molecule has 0 atom stereocenters. The van der Waals surface area contributed by atoms with E-state index in [1.807, 2.05) is 25.1 Å². The van der Waals surface area contributed by atoms with Gasteiger partial charge in [-0.1, -0.05) is 11.3 Å². The lowest BCUT2D eigenvalue weighted by molar-refractivity contribution is -0.116. The Balaban J connectivity index is 2.05. The summed E-state index contributed by atoms with van der Waals surface area (Å²) in [5.41, 5.74) is 1.46. The average Bonchev–Trinajstić information content (AvgIpc) is 2.82. The first-order valence-corrected chi connectivity index (χ1v) is 6.44. The number of aromatic nitrogens is 3. The molecule has 1 aromatic heterocycles. The maximum atomic E-state index is 11.9. The van der Waals surface area contributed by atoms with E-state index in [9.17, 15) is 9.59 Å². The van der Waals surface area contributed by atoms with E-state index in [4.69, 9.17) is 5.11 Å². The normalized spacial score (nSPS) is 10.3. The molecule has 2 rings (SSSR count). The first-order chi connectivity index (χ1) is 9.45. The number of nitrogens with one attached hydrogen (secondary N) is 1. The molecule has 0 unspecified atom stereocenters. The third-order valence-electron chi connectivity index (χ3n) is 2.46. The third-order valence-corrected chi connectivity index (χ3v) is 3.15. The van der Waals surface area contributed by atoms with Gasteiger partial charge in [-0.05, 0) is 40.5 Å². The molecule has 0 aliphatic carbocycles. The Labute approximate surface area is 122 Å². The second kappa shape index (κ2) is 5.83. The summed E-state index contributed by atoms with van der Waals surface area (Å²) in [5, 5.41) is 18.4. The van der Waals surface area contributed by atoms with Crippen molar-refractivity contribution >= 4 is 33.5 Å². The quantitative estimate of drug-likeness (QED) is 0.883. The Morgan fingerprint density at radius 3 is 2.85 bits per heavy atom. The van der Waals surface area contributed by atoms with Crippen LogP contribution in [0.5, 0.6) is 0 Å². The van der Waals surface area contributed by atoms with E-state index < -0.39 is 5.97 Å². The summed E-state index contributed by atoms with van der Waals surface area (Å²) in [7, 11) is 0. The maximum absolute atomic E-state index is 11.9. The summed E-state index contributed by atoms with van der Waals surface area (Å²) in [4.78, 5) is 22.5. The molecule has 0 saturated heterocycles. The number of hydrogen-bond acceptors (Lipinski definition) is 4. The Morgan fingerprint density at radius 2 is 2.20 bits per heavy atom. The van der Waals surface area contributed by atoms with E-state index in [2.05, 4.69) is 31.6 Å². The molecular weight excluding hydrogens is 328 g/mol. The summed E-state index contributed by atoms with van der Waals surface area (Å²) < 4.78 is 1.93. The first kappa shape index (κ1) is 14.2. The molecule has 0 bridgehead atoms. The molecule has 1 aromatic carbocycles. The number of anilines is 1. The minimum atomic E-state index is -1.18. The highest BCUT2D eigenvalue weighted by Gasteiger charge is 2.11. The van der Waals surface area contributed by atoms with Crippen molar-refractivity contribution in [2.75, 3.05) is 5.32 Å². The molecule has 0 aliphatic rings. The molecule has 0 fully saturated rings. The maximum Gasteiger partial charge on any atom is 0.358 e. The summed E-state index contributed by atoms with van der Waals surface area (Å²) >= 11 is 3.34. The van der Waals surface area contributed by atoms with Crippen LogP contribution in [-0.2, 0) is 11.3 Å². The van der Waals surface area contributed by atoms with Crippen LogP contribution >= 0.6 is 15.9 Å². The molecule has 1 amide bonds. The van der Waals surface area contributed by atoms with Crippen molar-refractivity contribution in [3.8, 4) is 0 Å². The lowest BCUT2D eigenvalue weighted by Crippen LogP contribution is -2.19. The number of benzene rings is 1. The van der Waals surface area contributed by atoms with Gasteiger partial charge in [-0.15, -0.1) is 5.10 Å². The minimum absolute atomic E-state index is 0.110. The molecular formula is C12H11BrN4O3. The van der Waals surface area contributed by atoms with Gasteiger partial charge in [-0.25, -0.2) is 9.48 Å². The Bertz CT molecular complexity index is 668. The highest BCUT2D eigenvalue weighted by molar-refractivity contribution is 9.10. The van der Waals surface area contributed by atoms with Gasteiger partial charge in [-0.2, -0.15) is 0 Å². The van der Waals surface area contributed by atoms with Crippen LogP contribution in [0.2, 0.25) is 0 Å². The van der Waals surface area contributed by atoms with Crippen LogP contribution < -0.4 is 5.32 Å². The van der Waals surface area contributed by atoms with Crippen molar-refractivity contribution < 1.29 is 14.7 Å². The zero-order valence-corrected chi connectivity index (χ0v) is 12.1. The topological polar surface area (TPSA) is 97.1 Å². The summed E-state index contributed by atoms with van der Waals surface area (Å²) in [6.07, 6.45) is 1.20. The summed E-state index contributed by atoms with van der Waals surface area (Å²) in [6, 6.07) is 5.57. The van der Waals surface area contributed by atoms with Gasteiger partial charge in [0.2, 0.25) is 5.91 Å². The summed E-state index contributed by atoms with van der Waals surface area (Å²) in [6.45, 7) is 1.80. The molecule has 104 valence electrons. The van der Waals surface area contributed by atoms with Crippen LogP contribution in [0.3, 0.4) is 0 Å². The summed E-state index contributed by atoms with van der Waals surface area (Å²) in [5.74, 6) is -1.50.